The van der Waals surface area contributed by atoms with Crippen LogP contribution in [0.25, 0.3) is 10.7 Å². The fourth-order valence-electron chi connectivity index (χ4n) is 4.81. The van der Waals surface area contributed by atoms with Crippen LogP contribution >= 0.6 is 11.3 Å². The molecule has 0 spiro atoms. The number of aromatic hydroxyl groups is 1. The number of ether oxygens (including phenoxy) is 2. The minimum Gasteiger partial charge on any atom is -0.497 e. The molecule has 36 heavy (non-hydrogen) atoms. The Morgan fingerprint density at radius 3 is 2.44 bits per heavy atom. The lowest BCUT2D eigenvalue weighted by molar-refractivity contribution is 0.211. The van der Waals surface area contributed by atoms with Crippen LogP contribution in [0.5, 0.6) is 11.6 Å². The summed E-state index contributed by atoms with van der Waals surface area (Å²) in [6, 6.07) is 14.3. The van der Waals surface area contributed by atoms with E-state index in [9.17, 15) is 9.50 Å². The Balaban J connectivity index is 1.30. The van der Waals surface area contributed by atoms with Crippen molar-refractivity contribution in [3.05, 3.63) is 76.7 Å². The van der Waals surface area contributed by atoms with Crippen molar-refractivity contribution in [3.8, 4) is 11.6 Å². The first-order valence-corrected chi connectivity index (χ1v) is 12.7. The van der Waals surface area contributed by atoms with Gasteiger partial charge in [-0.05, 0) is 48.0 Å². The molecule has 2 aliphatic rings. The van der Waals surface area contributed by atoms with E-state index < -0.39 is 0 Å². The number of methoxy groups -OCH3 is 1. The van der Waals surface area contributed by atoms with Crippen molar-refractivity contribution < 1.29 is 19.0 Å². The Hall–Kier alpha value is -3.63. The molecule has 0 amide bonds. The third-order valence-electron chi connectivity index (χ3n) is 6.68. The van der Waals surface area contributed by atoms with E-state index in [2.05, 4.69) is 32.0 Å². The Morgan fingerprint density at radius 1 is 1.06 bits per heavy atom. The summed E-state index contributed by atoms with van der Waals surface area (Å²) in [6.07, 6.45) is 2.79. The van der Waals surface area contributed by atoms with E-state index in [1.165, 1.54) is 28.0 Å². The second-order valence-corrected chi connectivity index (χ2v) is 9.81. The number of hydrogen-bond donors (Lipinski definition) is 1. The van der Waals surface area contributed by atoms with Crippen molar-refractivity contribution in [2.75, 3.05) is 44.8 Å². The number of anilines is 1. The Morgan fingerprint density at radius 2 is 1.81 bits per heavy atom. The van der Waals surface area contributed by atoms with Crippen LogP contribution in [0.2, 0.25) is 0 Å². The summed E-state index contributed by atoms with van der Waals surface area (Å²) in [6.45, 7) is 3.80. The Bertz CT molecular complexity index is 1390. The maximum Gasteiger partial charge on any atom is 0.230 e. The third-order valence-corrected chi connectivity index (χ3v) is 7.75. The molecule has 1 atom stereocenters. The van der Waals surface area contributed by atoms with Gasteiger partial charge in [0.05, 0.1) is 24.6 Å². The third kappa shape index (κ3) is 4.16. The van der Waals surface area contributed by atoms with Crippen LogP contribution in [-0.4, -0.2) is 64.5 Å². The van der Waals surface area contributed by atoms with Gasteiger partial charge in [0.1, 0.15) is 11.6 Å². The zero-order valence-corrected chi connectivity index (χ0v) is 20.6. The van der Waals surface area contributed by atoms with Crippen LogP contribution in [0.4, 0.5) is 10.1 Å². The zero-order valence-electron chi connectivity index (χ0n) is 19.8. The van der Waals surface area contributed by atoms with Crippen molar-refractivity contribution in [2.24, 2.45) is 0 Å². The molecule has 1 unspecified atom stereocenters. The smallest absolute Gasteiger partial charge is 0.230 e. The maximum absolute atomic E-state index is 13.8. The van der Waals surface area contributed by atoms with E-state index in [0.717, 1.165) is 54.5 Å². The number of hydrogen-bond acceptors (Lipinski definition) is 8. The molecule has 186 valence electrons. The second kappa shape index (κ2) is 9.44. The Kier molecular flexibility index (Phi) is 5.98. The molecule has 0 aliphatic carbocycles. The van der Waals surface area contributed by atoms with Gasteiger partial charge in [-0.3, -0.25) is 4.90 Å². The molecular weight excluding hydrogens is 481 g/mol. The highest BCUT2D eigenvalue weighted by Gasteiger charge is 2.32. The molecule has 2 aromatic carbocycles. The first kappa shape index (κ1) is 22.8. The number of thiazole rings is 1. The van der Waals surface area contributed by atoms with E-state index >= 15 is 0 Å². The lowest BCUT2D eigenvalue weighted by Gasteiger charge is -2.40. The lowest BCUT2D eigenvalue weighted by atomic mass is 10.0. The van der Waals surface area contributed by atoms with Crippen LogP contribution < -0.4 is 9.64 Å². The van der Waals surface area contributed by atoms with Gasteiger partial charge < -0.3 is 19.5 Å². The van der Waals surface area contributed by atoms with Crippen LogP contribution in [0, 0.1) is 5.82 Å². The predicted octanol–water partition coefficient (Wildman–Crippen LogP) is 4.32. The molecule has 4 heterocycles. The van der Waals surface area contributed by atoms with Crippen LogP contribution in [0.3, 0.4) is 0 Å². The predicted molar refractivity (Wildman–Crippen MR) is 136 cm³/mol. The highest BCUT2D eigenvalue weighted by Crippen LogP contribution is 2.41. The average molecular weight is 508 g/mol. The summed E-state index contributed by atoms with van der Waals surface area (Å²) >= 11 is 1.40. The molecular formula is C26H26FN5O3S. The van der Waals surface area contributed by atoms with E-state index in [4.69, 9.17) is 9.47 Å². The molecule has 0 bridgehead atoms. The molecule has 1 saturated heterocycles. The van der Waals surface area contributed by atoms with Crippen LogP contribution in [-0.2, 0) is 4.74 Å². The molecule has 1 fully saturated rings. The number of fused-ring (bicyclic) bond motifs is 1. The molecule has 6 rings (SSSR count). The quantitative estimate of drug-likeness (QED) is 0.417. The van der Waals surface area contributed by atoms with E-state index in [1.807, 2.05) is 18.2 Å². The zero-order chi connectivity index (χ0) is 24.6. The van der Waals surface area contributed by atoms with E-state index in [1.54, 1.807) is 19.2 Å². The van der Waals surface area contributed by atoms with Gasteiger partial charge in [-0.2, -0.15) is 9.50 Å². The molecule has 10 heteroatoms. The summed E-state index contributed by atoms with van der Waals surface area (Å²) in [5.41, 5.74) is 2.06. The molecule has 8 nitrogen and oxygen atoms in total. The van der Waals surface area contributed by atoms with Crippen molar-refractivity contribution in [2.45, 2.75) is 12.5 Å². The van der Waals surface area contributed by atoms with Gasteiger partial charge in [-0.1, -0.05) is 23.5 Å². The van der Waals surface area contributed by atoms with Gasteiger partial charge in [0.25, 0.3) is 0 Å². The first-order chi connectivity index (χ1) is 17.6. The van der Waals surface area contributed by atoms with Crippen molar-refractivity contribution >= 4 is 27.7 Å². The molecule has 2 aromatic heterocycles. The van der Waals surface area contributed by atoms with Crippen LogP contribution in [0.15, 0.2) is 54.6 Å². The molecule has 0 radical (unpaired) electrons. The summed E-state index contributed by atoms with van der Waals surface area (Å²) in [5, 5.41) is 15.7. The van der Waals surface area contributed by atoms with E-state index in [-0.39, 0.29) is 17.7 Å². The SMILES string of the molecule is COc1ccc(N2CCN(C(c3ccc(F)cc3)c3sc4nc(C5=CCCO5)nn4c3O)CC2)cc1. The molecule has 1 N–H and O–H groups in total. The topological polar surface area (TPSA) is 75.4 Å². The fraction of sp³-hybridized carbons (Fsp3) is 0.308. The average Bonchev–Trinajstić information content (AvgIpc) is 3.65. The minimum atomic E-state index is -0.289. The highest BCUT2D eigenvalue weighted by atomic mass is 32.1. The lowest BCUT2D eigenvalue weighted by Crippen LogP contribution is -2.47. The monoisotopic (exact) mass is 507 g/mol. The summed E-state index contributed by atoms with van der Waals surface area (Å²) < 4.78 is 26.1. The summed E-state index contributed by atoms with van der Waals surface area (Å²) in [7, 11) is 1.66. The van der Waals surface area contributed by atoms with Crippen molar-refractivity contribution in [3.63, 3.8) is 0 Å². The standard InChI is InChI=1S/C26H26FN5O3S/c1-34-20-10-8-19(9-11-20)30-12-14-31(15-13-30)22(17-4-6-18(27)7-5-17)23-25(33)32-26(36-23)28-24(29-32)21-3-2-16-35-21/h3-11,22,33H,2,12-16H2,1H3. The van der Waals surface area contributed by atoms with Crippen molar-refractivity contribution in [1.82, 2.24) is 19.5 Å². The number of rotatable bonds is 6. The Labute approximate surface area is 211 Å². The number of piperazine rings is 1. The van der Waals surface area contributed by atoms with Gasteiger partial charge in [0.15, 0.2) is 5.76 Å². The second-order valence-electron chi connectivity index (χ2n) is 8.80. The number of halogens is 1. The maximum atomic E-state index is 13.8. The van der Waals surface area contributed by atoms with Gasteiger partial charge in [0.2, 0.25) is 16.7 Å². The molecule has 0 saturated carbocycles. The number of aromatic nitrogens is 3. The number of benzene rings is 2. The van der Waals surface area contributed by atoms with Gasteiger partial charge in [0, 0.05) is 38.3 Å². The molecule has 2 aliphatic heterocycles. The minimum absolute atomic E-state index is 0.0549. The molecule has 4 aromatic rings. The summed E-state index contributed by atoms with van der Waals surface area (Å²) in [4.78, 5) is 10.6. The number of nitrogens with zero attached hydrogens (tertiary/aromatic N) is 5. The van der Waals surface area contributed by atoms with Gasteiger partial charge in [-0.15, -0.1) is 5.10 Å². The van der Waals surface area contributed by atoms with Gasteiger partial charge in [-0.25, -0.2) is 4.39 Å². The van der Waals surface area contributed by atoms with Crippen LogP contribution in [0.1, 0.15) is 28.7 Å². The summed E-state index contributed by atoms with van der Waals surface area (Å²) in [5.74, 6) is 1.73. The first-order valence-electron chi connectivity index (χ1n) is 11.9. The largest absolute Gasteiger partial charge is 0.497 e. The fourth-order valence-corrected chi connectivity index (χ4v) is 5.93. The highest BCUT2D eigenvalue weighted by molar-refractivity contribution is 7.17. The van der Waals surface area contributed by atoms with Crippen molar-refractivity contribution in [1.29, 1.82) is 0 Å². The van der Waals surface area contributed by atoms with E-state index in [0.29, 0.717) is 23.2 Å². The van der Waals surface area contributed by atoms with Gasteiger partial charge >= 0.3 is 0 Å². The normalized spacial score (nSPS) is 17.3.